The fourth-order valence-corrected chi connectivity index (χ4v) is 2.99. The lowest BCUT2D eigenvalue weighted by Crippen LogP contribution is -2.17. The van der Waals surface area contributed by atoms with Crippen molar-refractivity contribution in [3.05, 3.63) is 56.6 Å². The van der Waals surface area contributed by atoms with E-state index in [1.807, 2.05) is 36.4 Å². The van der Waals surface area contributed by atoms with Crippen LogP contribution in [0.1, 0.15) is 5.56 Å². The fourth-order valence-electron chi connectivity index (χ4n) is 1.83. The first-order valence-electron chi connectivity index (χ1n) is 5.57. The first-order chi connectivity index (χ1) is 8.56. The molecule has 4 heteroatoms. The number of halogens is 2. The molecule has 0 radical (unpaired) electrons. The molecule has 0 heterocycles. The van der Waals surface area contributed by atoms with E-state index in [9.17, 15) is 0 Å². The van der Waals surface area contributed by atoms with E-state index in [4.69, 9.17) is 17.3 Å². The highest BCUT2D eigenvalue weighted by Gasteiger charge is 2.06. The van der Waals surface area contributed by atoms with Gasteiger partial charge in [0.25, 0.3) is 0 Å². The van der Waals surface area contributed by atoms with Gasteiger partial charge in [-0.1, -0.05) is 23.7 Å². The summed E-state index contributed by atoms with van der Waals surface area (Å²) in [6.07, 6.45) is 0. The van der Waals surface area contributed by atoms with Crippen molar-refractivity contribution in [1.82, 2.24) is 0 Å². The molecule has 0 aromatic heterocycles. The van der Waals surface area contributed by atoms with E-state index in [0.717, 1.165) is 20.8 Å². The molecule has 94 valence electrons. The van der Waals surface area contributed by atoms with E-state index >= 15 is 0 Å². The van der Waals surface area contributed by atoms with Gasteiger partial charge >= 0.3 is 0 Å². The number of hydrogen-bond acceptors (Lipinski definition) is 2. The average molecular weight is 373 g/mol. The average Bonchev–Trinajstić information content (AvgIpc) is 2.28. The van der Waals surface area contributed by atoms with Crippen LogP contribution >= 0.6 is 34.2 Å². The van der Waals surface area contributed by atoms with Crippen molar-refractivity contribution in [2.24, 2.45) is 0 Å². The first kappa shape index (κ1) is 13.5. The fraction of sp³-hybridized carbons (Fsp3) is 0.143. The lowest BCUT2D eigenvalue weighted by molar-refractivity contribution is 0.920. The molecule has 2 rings (SSSR count). The topological polar surface area (TPSA) is 29.3 Å². The minimum Gasteiger partial charge on any atom is -0.399 e. The summed E-state index contributed by atoms with van der Waals surface area (Å²) >= 11 is 8.29. The van der Waals surface area contributed by atoms with Crippen LogP contribution in [-0.4, -0.2) is 7.05 Å². The highest BCUT2D eigenvalue weighted by Crippen LogP contribution is 2.25. The Labute approximate surface area is 126 Å². The second-order valence-corrected chi connectivity index (χ2v) is 5.80. The molecule has 2 aromatic carbocycles. The molecule has 0 bridgehead atoms. The molecule has 0 unspecified atom stereocenters. The van der Waals surface area contributed by atoms with Gasteiger partial charge in [0.1, 0.15) is 0 Å². The summed E-state index contributed by atoms with van der Waals surface area (Å²) in [6, 6.07) is 13.9. The number of nitrogens with zero attached hydrogens (tertiary/aromatic N) is 1. The summed E-state index contributed by atoms with van der Waals surface area (Å²) in [4.78, 5) is 2.19. The predicted octanol–water partition coefficient (Wildman–Crippen LogP) is 4.16. The van der Waals surface area contributed by atoms with Crippen LogP contribution in [0.2, 0.25) is 5.02 Å². The van der Waals surface area contributed by atoms with Gasteiger partial charge in [0.2, 0.25) is 0 Å². The van der Waals surface area contributed by atoms with Gasteiger partial charge in [-0.05, 0) is 58.5 Å². The van der Waals surface area contributed by atoms with Gasteiger partial charge in [-0.2, -0.15) is 0 Å². The molecule has 2 aromatic rings. The third kappa shape index (κ3) is 3.29. The molecule has 2 nitrogen and oxygen atoms in total. The second kappa shape index (κ2) is 5.80. The van der Waals surface area contributed by atoms with Crippen molar-refractivity contribution in [2.45, 2.75) is 6.54 Å². The molecule has 0 fully saturated rings. The molecule has 0 aliphatic carbocycles. The van der Waals surface area contributed by atoms with Crippen LogP contribution in [0, 0.1) is 3.57 Å². The number of anilines is 2. The maximum absolute atomic E-state index is 5.99. The van der Waals surface area contributed by atoms with Crippen LogP contribution in [0.5, 0.6) is 0 Å². The summed E-state index contributed by atoms with van der Waals surface area (Å²) in [5, 5.41) is 0.771. The van der Waals surface area contributed by atoms with Crippen molar-refractivity contribution < 1.29 is 0 Å². The zero-order chi connectivity index (χ0) is 13.1. The summed E-state index contributed by atoms with van der Waals surface area (Å²) in [5.74, 6) is 0. The van der Waals surface area contributed by atoms with Gasteiger partial charge in [-0.25, -0.2) is 0 Å². The Bertz CT molecular complexity index is 557. The minimum atomic E-state index is 0.771. The van der Waals surface area contributed by atoms with E-state index < -0.39 is 0 Å². The first-order valence-corrected chi connectivity index (χ1v) is 7.02. The van der Waals surface area contributed by atoms with Crippen molar-refractivity contribution in [1.29, 1.82) is 0 Å². The van der Waals surface area contributed by atoms with Crippen molar-refractivity contribution >= 4 is 45.6 Å². The normalized spacial score (nSPS) is 10.4. The highest BCUT2D eigenvalue weighted by atomic mass is 127. The van der Waals surface area contributed by atoms with Gasteiger partial charge in [0.15, 0.2) is 0 Å². The quantitative estimate of drug-likeness (QED) is 0.647. The summed E-state index contributed by atoms with van der Waals surface area (Å²) in [6.45, 7) is 0.820. The Balaban J connectivity index is 2.19. The number of rotatable bonds is 3. The Morgan fingerprint density at radius 3 is 2.67 bits per heavy atom. The third-order valence-corrected chi connectivity index (χ3v) is 3.79. The Hall–Kier alpha value is -0.940. The second-order valence-electron chi connectivity index (χ2n) is 4.20. The Morgan fingerprint density at radius 2 is 2.00 bits per heavy atom. The molecular weight excluding hydrogens is 359 g/mol. The van der Waals surface area contributed by atoms with Crippen LogP contribution in [0.25, 0.3) is 0 Å². The number of nitrogens with two attached hydrogens (primary N) is 1. The summed E-state index contributed by atoms with van der Waals surface area (Å²) in [5.41, 5.74) is 8.91. The number of nitrogen functional groups attached to an aromatic ring is 1. The van der Waals surface area contributed by atoms with Crippen LogP contribution < -0.4 is 10.6 Å². The van der Waals surface area contributed by atoms with E-state index in [1.54, 1.807) is 0 Å². The van der Waals surface area contributed by atoms with E-state index in [1.165, 1.54) is 11.3 Å². The molecule has 0 aliphatic rings. The van der Waals surface area contributed by atoms with Gasteiger partial charge in [-0.15, -0.1) is 0 Å². The predicted molar refractivity (Wildman–Crippen MR) is 87.1 cm³/mol. The van der Waals surface area contributed by atoms with Crippen LogP contribution in [0.3, 0.4) is 0 Å². The van der Waals surface area contributed by atoms with Crippen LogP contribution in [0.4, 0.5) is 11.4 Å². The van der Waals surface area contributed by atoms with Crippen LogP contribution in [0.15, 0.2) is 42.5 Å². The Morgan fingerprint density at radius 1 is 1.22 bits per heavy atom. The molecular formula is C14H14ClIN2. The zero-order valence-corrected chi connectivity index (χ0v) is 12.9. The lowest BCUT2D eigenvalue weighted by atomic mass is 10.2. The molecule has 0 spiro atoms. The van der Waals surface area contributed by atoms with E-state index in [2.05, 4.69) is 40.6 Å². The van der Waals surface area contributed by atoms with Gasteiger partial charge in [-0.3, -0.25) is 0 Å². The minimum absolute atomic E-state index is 0.771. The van der Waals surface area contributed by atoms with Gasteiger partial charge < -0.3 is 10.6 Å². The molecule has 0 saturated carbocycles. The molecule has 0 aliphatic heterocycles. The largest absolute Gasteiger partial charge is 0.399 e. The monoisotopic (exact) mass is 372 g/mol. The maximum Gasteiger partial charge on any atom is 0.0503 e. The smallest absolute Gasteiger partial charge is 0.0503 e. The summed E-state index contributed by atoms with van der Waals surface area (Å²) < 4.78 is 1.15. The summed E-state index contributed by atoms with van der Waals surface area (Å²) in [7, 11) is 2.06. The zero-order valence-electron chi connectivity index (χ0n) is 10.0. The lowest BCUT2D eigenvalue weighted by Gasteiger charge is -2.21. The maximum atomic E-state index is 5.99. The number of hydrogen-bond donors (Lipinski definition) is 1. The Kier molecular flexibility index (Phi) is 4.35. The van der Waals surface area contributed by atoms with Gasteiger partial charge in [0, 0.05) is 27.9 Å². The van der Waals surface area contributed by atoms with Gasteiger partial charge in [0.05, 0.1) is 5.69 Å². The van der Waals surface area contributed by atoms with Crippen molar-refractivity contribution in [3.63, 3.8) is 0 Å². The third-order valence-electron chi connectivity index (χ3n) is 2.69. The molecule has 0 atom stereocenters. The molecule has 2 N–H and O–H groups in total. The molecule has 0 saturated heterocycles. The highest BCUT2D eigenvalue weighted by molar-refractivity contribution is 14.1. The molecule has 18 heavy (non-hydrogen) atoms. The SMILES string of the molecule is CN(Cc1cccc(Cl)c1)c1ccc(N)cc1I. The van der Waals surface area contributed by atoms with Crippen molar-refractivity contribution in [2.75, 3.05) is 17.7 Å². The van der Waals surface area contributed by atoms with Crippen molar-refractivity contribution in [3.8, 4) is 0 Å². The van der Waals surface area contributed by atoms with Crippen LogP contribution in [-0.2, 0) is 6.54 Å². The molecule has 0 amide bonds. The standard InChI is InChI=1S/C14H14ClIN2/c1-18(9-10-3-2-4-11(15)7-10)14-6-5-12(17)8-13(14)16/h2-8H,9,17H2,1H3. The number of benzene rings is 2. The van der Waals surface area contributed by atoms with E-state index in [0.29, 0.717) is 0 Å². The van der Waals surface area contributed by atoms with E-state index in [-0.39, 0.29) is 0 Å².